The molecule has 1 aromatic carbocycles. The van der Waals surface area contributed by atoms with E-state index < -0.39 is 6.10 Å². The molecule has 1 aliphatic heterocycles. The number of furan rings is 1. The maximum absolute atomic E-state index is 12.8. The Morgan fingerprint density at radius 1 is 1.30 bits per heavy atom. The van der Waals surface area contributed by atoms with Gasteiger partial charge in [0, 0.05) is 25.8 Å². The van der Waals surface area contributed by atoms with Crippen molar-refractivity contribution in [3.63, 3.8) is 0 Å². The number of rotatable bonds is 6. The fourth-order valence-corrected chi connectivity index (χ4v) is 2.42. The van der Waals surface area contributed by atoms with E-state index in [-0.39, 0.29) is 12.5 Å². The molecule has 3 rings (SSSR count). The lowest BCUT2D eigenvalue weighted by Crippen LogP contribution is -2.47. The van der Waals surface area contributed by atoms with Gasteiger partial charge in [-0.3, -0.25) is 4.79 Å². The zero-order chi connectivity index (χ0) is 16.1. The Labute approximate surface area is 134 Å². The Bertz CT molecular complexity index is 640. The molecular weight excluding hydrogens is 298 g/mol. The Balaban J connectivity index is 1.70. The van der Waals surface area contributed by atoms with Crippen molar-refractivity contribution in [1.82, 2.24) is 4.90 Å². The smallest absolute Gasteiger partial charge is 0.267 e. The summed E-state index contributed by atoms with van der Waals surface area (Å²) in [6.45, 7) is 1.57. The number of methoxy groups -OCH3 is 1. The molecular formula is C17H19NO5. The van der Waals surface area contributed by atoms with Crippen LogP contribution in [0.25, 0.3) is 0 Å². The van der Waals surface area contributed by atoms with Crippen LogP contribution in [-0.2, 0) is 16.1 Å². The lowest BCUT2D eigenvalue weighted by Gasteiger charge is -2.30. The Kier molecular flexibility index (Phi) is 4.83. The molecule has 23 heavy (non-hydrogen) atoms. The minimum Gasteiger partial charge on any atom is -0.485 e. The third-order valence-electron chi connectivity index (χ3n) is 3.61. The van der Waals surface area contributed by atoms with Crippen LogP contribution in [0, 0.1) is 0 Å². The van der Waals surface area contributed by atoms with E-state index in [1.165, 1.54) is 0 Å². The summed E-state index contributed by atoms with van der Waals surface area (Å²) in [6, 6.07) is 9.17. The summed E-state index contributed by atoms with van der Waals surface area (Å²) in [5.41, 5.74) is 0.923. The number of fused-ring (bicyclic) bond motifs is 1. The Morgan fingerprint density at radius 3 is 2.87 bits per heavy atom. The number of ether oxygens (including phenoxy) is 3. The number of carbonyl (C=O) groups is 1. The van der Waals surface area contributed by atoms with Crippen LogP contribution < -0.4 is 9.47 Å². The first-order valence-electron chi connectivity index (χ1n) is 7.45. The zero-order valence-electron chi connectivity index (χ0n) is 12.9. The maximum atomic E-state index is 12.8. The summed E-state index contributed by atoms with van der Waals surface area (Å²) in [4.78, 5) is 14.5. The molecule has 0 saturated heterocycles. The van der Waals surface area contributed by atoms with Crippen molar-refractivity contribution >= 4 is 5.91 Å². The van der Waals surface area contributed by atoms with Crippen molar-refractivity contribution < 1.29 is 23.4 Å². The summed E-state index contributed by atoms with van der Waals surface area (Å²) in [6.07, 6.45) is 2.56. The van der Waals surface area contributed by atoms with Crippen LogP contribution in [0.2, 0.25) is 0 Å². The molecule has 1 aliphatic rings. The van der Waals surface area contributed by atoms with Crippen molar-refractivity contribution in [3.05, 3.63) is 48.4 Å². The van der Waals surface area contributed by atoms with Crippen LogP contribution >= 0.6 is 0 Å². The van der Waals surface area contributed by atoms with E-state index in [4.69, 9.17) is 18.6 Å². The highest BCUT2D eigenvalue weighted by atomic mass is 16.6. The van der Waals surface area contributed by atoms with Gasteiger partial charge in [-0.15, -0.1) is 0 Å². The molecule has 6 heteroatoms. The predicted molar refractivity (Wildman–Crippen MR) is 82.4 cm³/mol. The van der Waals surface area contributed by atoms with Crippen LogP contribution in [0.5, 0.6) is 11.5 Å². The lowest BCUT2D eigenvalue weighted by atomic mass is 10.2. The molecule has 1 aromatic heterocycles. The zero-order valence-corrected chi connectivity index (χ0v) is 12.9. The van der Waals surface area contributed by atoms with Crippen LogP contribution in [-0.4, -0.2) is 43.8 Å². The SMILES string of the molecule is COCCN(Cc1ccoc1)C(=O)C1COc2ccccc2O1. The number of benzene rings is 1. The number of nitrogens with zero attached hydrogens (tertiary/aromatic N) is 1. The number of amides is 1. The quantitative estimate of drug-likeness (QED) is 0.816. The minimum absolute atomic E-state index is 0.127. The molecule has 2 aromatic rings. The molecule has 1 atom stereocenters. The van der Waals surface area contributed by atoms with Crippen molar-refractivity contribution in [3.8, 4) is 11.5 Å². The number of carbonyl (C=O) groups excluding carboxylic acids is 1. The van der Waals surface area contributed by atoms with Crippen molar-refractivity contribution in [1.29, 1.82) is 0 Å². The third-order valence-corrected chi connectivity index (χ3v) is 3.61. The average molecular weight is 317 g/mol. The molecule has 0 saturated carbocycles. The molecule has 0 radical (unpaired) electrons. The van der Waals surface area contributed by atoms with Gasteiger partial charge in [0.05, 0.1) is 19.1 Å². The van der Waals surface area contributed by atoms with Gasteiger partial charge in [-0.2, -0.15) is 0 Å². The summed E-state index contributed by atoms with van der Waals surface area (Å²) >= 11 is 0. The van der Waals surface area contributed by atoms with Crippen LogP contribution in [0.3, 0.4) is 0 Å². The van der Waals surface area contributed by atoms with E-state index in [2.05, 4.69) is 0 Å². The van der Waals surface area contributed by atoms with E-state index in [9.17, 15) is 4.79 Å². The van der Waals surface area contributed by atoms with Gasteiger partial charge in [0.1, 0.15) is 6.61 Å². The summed E-state index contributed by atoms with van der Waals surface area (Å²) in [5.74, 6) is 1.12. The summed E-state index contributed by atoms with van der Waals surface area (Å²) < 4.78 is 21.6. The molecule has 6 nitrogen and oxygen atoms in total. The van der Waals surface area contributed by atoms with E-state index in [1.54, 1.807) is 30.6 Å². The number of para-hydroxylation sites is 2. The molecule has 0 fully saturated rings. The second kappa shape index (κ2) is 7.19. The molecule has 0 spiro atoms. The normalized spacial score (nSPS) is 16.1. The first-order chi connectivity index (χ1) is 11.3. The molecule has 0 aliphatic carbocycles. The summed E-state index contributed by atoms with van der Waals surface area (Å²) in [5, 5.41) is 0. The van der Waals surface area contributed by atoms with E-state index in [0.29, 0.717) is 31.2 Å². The van der Waals surface area contributed by atoms with Crippen molar-refractivity contribution in [2.45, 2.75) is 12.6 Å². The largest absolute Gasteiger partial charge is 0.485 e. The predicted octanol–water partition coefficient (Wildman–Crippen LogP) is 2.09. The maximum Gasteiger partial charge on any atom is 0.267 e. The molecule has 0 bridgehead atoms. The molecule has 122 valence electrons. The Morgan fingerprint density at radius 2 is 2.13 bits per heavy atom. The second-order valence-corrected chi connectivity index (χ2v) is 5.25. The van der Waals surface area contributed by atoms with Gasteiger partial charge in [-0.1, -0.05) is 12.1 Å². The number of hydrogen-bond acceptors (Lipinski definition) is 5. The monoisotopic (exact) mass is 317 g/mol. The van der Waals surface area contributed by atoms with Crippen molar-refractivity contribution in [2.24, 2.45) is 0 Å². The van der Waals surface area contributed by atoms with E-state index in [0.717, 1.165) is 5.56 Å². The summed E-state index contributed by atoms with van der Waals surface area (Å²) in [7, 11) is 1.61. The lowest BCUT2D eigenvalue weighted by molar-refractivity contribution is -0.142. The third kappa shape index (κ3) is 3.65. The minimum atomic E-state index is -0.659. The first-order valence-corrected chi connectivity index (χ1v) is 7.45. The van der Waals surface area contributed by atoms with Crippen LogP contribution in [0.15, 0.2) is 47.3 Å². The van der Waals surface area contributed by atoms with Gasteiger partial charge in [0.25, 0.3) is 5.91 Å². The standard InChI is InChI=1S/C17H19NO5/c1-20-9-7-18(10-13-6-8-21-11-13)17(19)16-12-22-14-4-2-3-5-15(14)23-16/h2-6,8,11,16H,7,9-10,12H2,1H3. The van der Waals surface area contributed by atoms with Gasteiger partial charge >= 0.3 is 0 Å². The first kappa shape index (κ1) is 15.4. The van der Waals surface area contributed by atoms with E-state index >= 15 is 0 Å². The van der Waals surface area contributed by atoms with Gasteiger partial charge in [0.2, 0.25) is 6.10 Å². The molecule has 1 amide bonds. The van der Waals surface area contributed by atoms with Crippen LogP contribution in [0.1, 0.15) is 5.56 Å². The fourth-order valence-electron chi connectivity index (χ4n) is 2.42. The van der Waals surface area contributed by atoms with Gasteiger partial charge < -0.3 is 23.5 Å². The molecule has 0 N–H and O–H groups in total. The fraction of sp³-hybridized carbons (Fsp3) is 0.353. The topological polar surface area (TPSA) is 61.1 Å². The van der Waals surface area contributed by atoms with Gasteiger partial charge in [-0.25, -0.2) is 0 Å². The molecule has 2 heterocycles. The van der Waals surface area contributed by atoms with Crippen LogP contribution in [0.4, 0.5) is 0 Å². The molecule has 1 unspecified atom stereocenters. The van der Waals surface area contributed by atoms with E-state index in [1.807, 2.05) is 24.3 Å². The highest BCUT2D eigenvalue weighted by Crippen LogP contribution is 2.31. The highest BCUT2D eigenvalue weighted by molar-refractivity contribution is 5.82. The van der Waals surface area contributed by atoms with Gasteiger partial charge in [0.15, 0.2) is 11.5 Å². The van der Waals surface area contributed by atoms with Crippen molar-refractivity contribution in [2.75, 3.05) is 26.9 Å². The Hall–Kier alpha value is -2.47. The number of hydrogen-bond donors (Lipinski definition) is 0. The second-order valence-electron chi connectivity index (χ2n) is 5.25. The van der Waals surface area contributed by atoms with Gasteiger partial charge in [-0.05, 0) is 18.2 Å². The average Bonchev–Trinajstić information content (AvgIpc) is 3.10. The highest BCUT2D eigenvalue weighted by Gasteiger charge is 2.31.